The predicted octanol–water partition coefficient (Wildman–Crippen LogP) is 2.29. The van der Waals surface area contributed by atoms with Gasteiger partial charge in [-0.05, 0) is 30.5 Å². The van der Waals surface area contributed by atoms with Gasteiger partial charge in [0.15, 0.2) is 0 Å². The van der Waals surface area contributed by atoms with Gasteiger partial charge in [0.05, 0.1) is 18.4 Å². The third kappa shape index (κ3) is 2.78. The van der Waals surface area contributed by atoms with E-state index in [2.05, 4.69) is 4.90 Å². The van der Waals surface area contributed by atoms with Gasteiger partial charge in [0, 0.05) is 17.6 Å². The molecular weight excluding hydrogens is 364 g/mol. The molecule has 29 heavy (non-hydrogen) atoms. The third-order valence-electron chi connectivity index (χ3n) is 6.69. The average molecular weight is 388 g/mol. The summed E-state index contributed by atoms with van der Waals surface area (Å²) in [5.74, 6) is -0.644. The van der Waals surface area contributed by atoms with Gasteiger partial charge in [-0.1, -0.05) is 54.6 Å². The second-order valence-electron chi connectivity index (χ2n) is 8.23. The number of hydrogen-bond donors (Lipinski definition) is 2. The second kappa shape index (κ2) is 6.81. The van der Waals surface area contributed by atoms with Gasteiger partial charge in [0.1, 0.15) is 5.84 Å². The van der Waals surface area contributed by atoms with E-state index in [1.165, 1.54) is 4.90 Å². The number of nitrogens with two attached hydrogens (primary N) is 1. The molecule has 3 N–H and O–H groups in total. The molecule has 6 heteroatoms. The van der Waals surface area contributed by atoms with Gasteiger partial charge in [-0.25, -0.2) is 0 Å². The lowest BCUT2D eigenvalue weighted by Crippen LogP contribution is -2.38. The summed E-state index contributed by atoms with van der Waals surface area (Å²) in [6, 6.07) is 17.3. The monoisotopic (exact) mass is 388 g/mol. The molecule has 4 atom stereocenters. The Morgan fingerprint density at radius 2 is 1.69 bits per heavy atom. The van der Waals surface area contributed by atoms with Crippen LogP contribution in [-0.2, 0) is 16.1 Å². The molecule has 0 spiro atoms. The molecule has 2 amide bonds. The molecule has 3 aliphatic heterocycles. The third-order valence-corrected chi connectivity index (χ3v) is 6.69. The van der Waals surface area contributed by atoms with Crippen molar-refractivity contribution in [2.45, 2.75) is 31.5 Å². The highest BCUT2D eigenvalue weighted by Crippen LogP contribution is 2.53. The number of nitrogens with zero attached hydrogens (tertiary/aromatic N) is 2. The summed E-state index contributed by atoms with van der Waals surface area (Å²) in [4.78, 5) is 30.5. The highest BCUT2D eigenvalue weighted by Gasteiger charge is 2.62. The molecule has 0 bridgehead atoms. The molecule has 3 fully saturated rings. The second-order valence-corrected chi connectivity index (χ2v) is 8.23. The van der Waals surface area contributed by atoms with E-state index in [1.807, 2.05) is 54.6 Å². The van der Waals surface area contributed by atoms with Gasteiger partial charge >= 0.3 is 0 Å². The number of rotatable bonds is 4. The molecule has 0 radical (unpaired) electrons. The molecule has 3 aliphatic rings. The van der Waals surface area contributed by atoms with Gasteiger partial charge in [-0.2, -0.15) is 0 Å². The fourth-order valence-corrected chi connectivity index (χ4v) is 5.44. The Bertz CT molecular complexity index is 972. The van der Waals surface area contributed by atoms with Crippen LogP contribution < -0.4 is 5.73 Å². The number of nitrogen functional groups attached to an aromatic ring is 1. The SMILES string of the molecule is N=C(N)c1ccc(C2C3C(=O)N(Cc4ccccc4)C(=O)C3C3CCCN32)cc1. The van der Waals surface area contributed by atoms with Crippen molar-refractivity contribution in [3.8, 4) is 0 Å². The molecule has 3 saturated heterocycles. The Balaban J connectivity index is 1.49. The van der Waals surface area contributed by atoms with E-state index in [0.717, 1.165) is 30.5 Å². The molecule has 0 aliphatic carbocycles. The summed E-state index contributed by atoms with van der Waals surface area (Å²) in [5.41, 5.74) is 8.25. The number of nitrogens with one attached hydrogen (secondary N) is 1. The number of carbonyl (C=O) groups is 2. The summed E-state index contributed by atoms with van der Waals surface area (Å²) < 4.78 is 0. The summed E-state index contributed by atoms with van der Waals surface area (Å²) in [6.45, 7) is 1.25. The number of imide groups is 1. The Morgan fingerprint density at radius 1 is 1.00 bits per heavy atom. The standard InChI is InChI=1S/C23H24N4O2/c24-21(25)16-10-8-15(9-11-16)20-19-18(17-7-4-12-26(17)20)22(28)27(23(19)29)13-14-5-2-1-3-6-14/h1-3,5-6,8-11,17-20H,4,7,12-13H2,(H3,24,25). The van der Waals surface area contributed by atoms with Gasteiger partial charge in [0.2, 0.25) is 11.8 Å². The molecule has 0 saturated carbocycles. The highest BCUT2D eigenvalue weighted by atomic mass is 16.2. The van der Waals surface area contributed by atoms with Gasteiger partial charge in [-0.15, -0.1) is 0 Å². The van der Waals surface area contributed by atoms with Crippen LogP contribution in [0.1, 0.15) is 35.6 Å². The lowest BCUT2D eigenvalue weighted by Gasteiger charge is -2.29. The zero-order valence-corrected chi connectivity index (χ0v) is 16.1. The van der Waals surface area contributed by atoms with E-state index in [9.17, 15) is 9.59 Å². The summed E-state index contributed by atoms with van der Waals surface area (Å²) in [6.07, 6.45) is 2.01. The van der Waals surface area contributed by atoms with E-state index >= 15 is 0 Å². The number of likely N-dealkylation sites (tertiary alicyclic amines) is 1. The Hall–Kier alpha value is -2.99. The fraction of sp³-hybridized carbons (Fsp3) is 0.348. The van der Waals surface area contributed by atoms with Crippen LogP contribution in [-0.4, -0.2) is 40.0 Å². The first-order valence-corrected chi connectivity index (χ1v) is 10.2. The Kier molecular flexibility index (Phi) is 4.24. The number of carbonyl (C=O) groups excluding carboxylic acids is 2. The van der Waals surface area contributed by atoms with Crippen molar-refractivity contribution < 1.29 is 9.59 Å². The van der Waals surface area contributed by atoms with Crippen molar-refractivity contribution in [2.24, 2.45) is 17.6 Å². The van der Waals surface area contributed by atoms with Crippen LogP contribution in [0.4, 0.5) is 0 Å². The van der Waals surface area contributed by atoms with Gasteiger partial charge < -0.3 is 5.73 Å². The van der Waals surface area contributed by atoms with Crippen molar-refractivity contribution in [2.75, 3.05) is 6.54 Å². The van der Waals surface area contributed by atoms with Crippen LogP contribution >= 0.6 is 0 Å². The van der Waals surface area contributed by atoms with Crippen molar-refractivity contribution >= 4 is 17.6 Å². The summed E-state index contributed by atoms with van der Waals surface area (Å²) in [5, 5.41) is 7.60. The number of fused-ring (bicyclic) bond motifs is 3. The van der Waals surface area contributed by atoms with Gasteiger partial charge in [0.25, 0.3) is 0 Å². The first-order valence-electron chi connectivity index (χ1n) is 10.2. The fourth-order valence-electron chi connectivity index (χ4n) is 5.44. The smallest absolute Gasteiger partial charge is 0.235 e. The van der Waals surface area contributed by atoms with Crippen molar-refractivity contribution in [1.29, 1.82) is 5.41 Å². The number of amidine groups is 1. The van der Waals surface area contributed by atoms with Gasteiger partial charge in [-0.3, -0.25) is 24.8 Å². The number of amides is 2. The van der Waals surface area contributed by atoms with Crippen molar-refractivity contribution in [3.05, 3.63) is 71.3 Å². The van der Waals surface area contributed by atoms with Crippen LogP contribution in [0.3, 0.4) is 0 Å². The summed E-state index contributed by atoms with van der Waals surface area (Å²) >= 11 is 0. The molecule has 5 rings (SSSR count). The minimum Gasteiger partial charge on any atom is -0.384 e. The number of hydrogen-bond acceptors (Lipinski definition) is 4. The zero-order valence-electron chi connectivity index (χ0n) is 16.1. The lowest BCUT2D eigenvalue weighted by molar-refractivity contribution is -0.142. The minimum atomic E-state index is -0.334. The maximum atomic E-state index is 13.4. The normalized spacial score (nSPS) is 28.6. The van der Waals surface area contributed by atoms with Crippen molar-refractivity contribution in [3.63, 3.8) is 0 Å². The van der Waals surface area contributed by atoms with E-state index in [0.29, 0.717) is 12.1 Å². The highest BCUT2D eigenvalue weighted by molar-refractivity contribution is 6.06. The van der Waals surface area contributed by atoms with Crippen LogP contribution in [0.2, 0.25) is 0 Å². The maximum Gasteiger partial charge on any atom is 0.235 e. The van der Waals surface area contributed by atoms with Crippen LogP contribution in [0.25, 0.3) is 0 Å². The van der Waals surface area contributed by atoms with Crippen LogP contribution in [0.5, 0.6) is 0 Å². The molecule has 6 nitrogen and oxygen atoms in total. The maximum absolute atomic E-state index is 13.4. The lowest BCUT2D eigenvalue weighted by atomic mass is 9.85. The molecule has 0 aromatic heterocycles. The average Bonchev–Trinajstić information content (AvgIpc) is 3.37. The Labute approximate surface area is 169 Å². The summed E-state index contributed by atoms with van der Waals surface area (Å²) in [7, 11) is 0. The molecule has 2 aromatic carbocycles. The number of benzene rings is 2. The molecule has 4 unspecified atom stereocenters. The van der Waals surface area contributed by atoms with E-state index in [-0.39, 0.29) is 41.6 Å². The largest absolute Gasteiger partial charge is 0.384 e. The molecule has 148 valence electrons. The first-order chi connectivity index (χ1) is 14.1. The van der Waals surface area contributed by atoms with Crippen molar-refractivity contribution in [1.82, 2.24) is 9.80 Å². The molecule has 3 heterocycles. The zero-order chi connectivity index (χ0) is 20.1. The quantitative estimate of drug-likeness (QED) is 0.478. The minimum absolute atomic E-state index is 0.0244. The molecule has 2 aromatic rings. The predicted molar refractivity (Wildman–Crippen MR) is 109 cm³/mol. The topological polar surface area (TPSA) is 90.5 Å². The van der Waals surface area contributed by atoms with Crippen LogP contribution in [0.15, 0.2) is 54.6 Å². The first kappa shape index (κ1) is 18.1. The molecular formula is C23H24N4O2. The van der Waals surface area contributed by atoms with E-state index in [4.69, 9.17) is 11.1 Å². The Morgan fingerprint density at radius 3 is 2.38 bits per heavy atom. The van der Waals surface area contributed by atoms with E-state index < -0.39 is 0 Å². The van der Waals surface area contributed by atoms with Crippen LogP contribution in [0, 0.1) is 17.2 Å². The van der Waals surface area contributed by atoms with E-state index in [1.54, 1.807) is 0 Å².